The molecular formula is C22H17N3O2. The average molecular weight is 355 g/mol. The first-order valence-electron chi connectivity index (χ1n) is 8.59. The normalized spacial score (nSPS) is 10.7. The number of aromatic nitrogens is 2. The standard InChI is InChI=1S/C22H17N3O2/c1-15-11-13-17(14-12-15)21(27)25-19-10-6-5-9-18(19)23-22(25)24-20(26)16-7-3-2-4-8-16/h2-14H,1H3,(H,23,24,26). The Balaban J connectivity index is 1.79. The van der Waals surface area contributed by atoms with Gasteiger partial charge in [-0.3, -0.25) is 14.9 Å². The lowest BCUT2D eigenvalue weighted by Crippen LogP contribution is -2.20. The van der Waals surface area contributed by atoms with Crippen LogP contribution in [0.3, 0.4) is 0 Å². The fourth-order valence-corrected chi connectivity index (χ4v) is 2.90. The minimum Gasteiger partial charge on any atom is -0.291 e. The van der Waals surface area contributed by atoms with Crippen molar-refractivity contribution in [2.75, 3.05) is 5.32 Å². The lowest BCUT2D eigenvalue weighted by atomic mass is 10.1. The molecule has 0 spiro atoms. The van der Waals surface area contributed by atoms with E-state index in [0.717, 1.165) is 5.56 Å². The van der Waals surface area contributed by atoms with Gasteiger partial charge in [0.1, 0.15) is 0 Å². The highest BCUT2D eigenvalue weighted by Gasteiger charge is 2.20. The van der Waals surface area contributed by atoms with Crippen molar-refractivity contribution in [2.45, 2.75) is 6.92 Å². The van der Waals surface area contributed by atoms with E-state index in [2.05, 4.69) is 10.3 Å². The van der Waals surface area contributed by atoms with Gasteiger partial charge in [-0.05, 0) is 43.3 Å². The van der Waals surface area contributed by atoms with Crippen LogP contribution in [0.5, 0.6) is 0 Å². The highest BCUT2D eigenvalue weighted by Crippen LogP contribution is 2.22. The quantitative estimate of drug-likeness (QED) is 0.596. The summed E-state index contributed by atoms with van der Waals surface area (Å²) in [6.07, 6.45) is 0. The van der Waals surface area contributed by atoms with Crippen molar-refractivity contribution < 1.29 is 9.59 Å². The number of carbonyl (C=O) groups is 2. The molecule has 0 bridgehead atoms. The molecule has 0 saturated heterocycles. The van der Waals surface area contributed by atoms with E-state index >= 15 is 0 Å². The lowest BCUT2D eigenvalue weighted by molar-refractivity contribution is 0.0966. The number of amides is 1. The number of fused-ring (bicyclic) bond motifs is 1. The number of benzene rings is 3. The van der Waals surface area contributed by atoms with Crippen molar-refractivity contribution >= 4 is 28.8 Å². The monoisotopic (exact) mass is 355 g/mol. The van der Waals surface area contributed by atoms with Gasteiger partial charge in [0, 0.05) is 11.1 Å². The third kappa shape index (κ3) is 3.22. The summed E-state index contributed by atoms with van der Waals surface area (Å²) < 4.78 is 1.45. The SMILES string of the molecule is Cc1ccc(C(=O)n2c(NC(=O)c3ccccc3)nc3ccccc32)cc1. The van der Waals surface area contributed by atoms with Crippen molar-refractivity contribution in [1.82, 2.24) is 9.55 Å². The molecule has 132 valence electrons. The van der Waals surface area contributed by atoms with Gasteiger partial charge in [-0.1, -0.05) is 48.0 Å². The smallest absolute Gasteiger partial charge is 0.265 e. The van der Waals surface area contributed by atoms with Crippen LogP contribution in [-0.2, 0) is 0 Å². The second-order valence-corrected chi connectivity index (χ2v) is 6.25. The Labute approximate surface area is 156 Å². The molecule has 5 nitrogen and oxygen atoms in total. The summed E-state index contributed by atoms with van der Waals surface area (Å²) in [5.41, 5.74) is 3.38. The lowest BCUT2D eigenvalue weighted by Gasteiger charge is -2.09. The molecule has 27 heavy (non-hydrogen) atoms. The molecule has 0 saturated carbocycles. The van der Waals surface area contributed by atoms with Crippen molar-refractivity contribution in [3.8, 4) is 0 Å². The van der Waals surface area contributed by atoms with Gasteiger partial charge < -0.3 is 0 Å². The zero-order valence-corrected chi connectivity index (χ0v) is 14.7. The molecular weight excluding hydrogens is 338 g/mol. The van der Waals surface area contributed by atoms with E-state index in [0.29, 0.717) is 22.2 Å². The predicted molar refractivity (Wildman–Crippen MR) is 105 cm³/mol. The van der Waals surface area contributed by atoms with Crippen LogP contribution in [0.4, 0.5) is 5.95 Å². The minimum atomic E-state index is -0.316. The number of rotatable bonds is 3. The van der Waals surface area contributed by atoms with Crippen LogP contribution in [-0.4, -0.2) is 21.4 Å². The van der Waals surface area contributed by atoms with E-state index < -0.39 is 0 Å². The molecule has 0 aliphatic carbocycles. The summed E-state index contributed by atoms with van der Waals surface area (Å²) in [7, 11) is 0. The van der Waals surface area contributed by atoms with Crippen molar-refractivity contribution in [3.05, 3.63) is 95.6 Å². The molecule has 5 heteroatoms. The van der Waals surface area contributed by atoms with Crippen LogP contribution in [0.15, 0.2) is 78.9 Å². The largest absolute Gasteiger partial charge is 0.291 e. The molecule has 0 radical (unpaired) electrons. The third-order valence-corrected chi connectivity index (χ3v) is 4.32. The van der Waals surface area contributed by atoms with Gasteiger partial charge in [-0.15, -0.1) is 0 Å². The first-order chi connectivity index (χ1) is 13.1. The molecule has 4 aromatic rings. The van der Waals surface area contributed by atoms with Crippen molar-refractivity contribution in [3.63, 3.8) is 0 Å². The number of imidazole rings is 1. The Kier molecular flexibility index (Phi) is 4.26. The zero-order chi connectivity index (χ0) is 18.8. The number of nitrogens with zero attached hydrogens (tertiary/aromatic N) is 2. The maximum absolute atomic E-state index is 13.1. The van der Waals surface area contributed by atoms with Crippen molar-refractivity contribution in [2.24, 2.45) is 0 Å². The highest BCUT2D eigenvalue weighted by molar-refractivity contribution is 6.08. The fraction of sp³-hybridized carbons (Fsp3) is 0.0455. The number of anilines is 1. The number of aryl methyl sites for hydroxylation is 1. The summed E-state index contributed by atoms with van der Waals surface area (Å²) in [5.74, 6) is -0.355. The summed E-state index contributed by atoms with van der Waals surface area (Å²) in [6.45, 7) is 1.96. The van der Waals surface area contributed by atoms with Crippen LogP contribution in [0, 0.1) is 6.92 Å². The number of hydrogen-bond donors (Lipinski definition) is 1. The minimum absolute atomic E-state index is 0.204. The zero-order valence-electron chi connectivity index (χ0n) is 14.7. The van der Waals surface area contributed by atoms with Gasteiger partial charge in [0.2, 0.25) is 5.95 Å². The Morgan fingerprint density at radius 2 is 1.48 bits per heavy atom. The molecule has 0 unspecified atom stereocenters. The fourth-order valence-electron chi connectivity index (χ4n) is 2.90. The highest BCUT2D eigenvalue weighted by atomic mass is 16.2. The Morgan fingerprint density at radius 1 is 0.815 bits per heavy atom. The van der Waals surface area contributed by atoms with E-state index in [1.54, 1.807) is 36.4 Å². The van der Waals surface area contributed by atoms with E-state index in [1.165, 1.54) is 4.57 Å². The van der Waals surface area contributed by atoms with Crippen LogP contribution >= 0.6 is 0 Å². The van der Waals surface area contributed by atoms with Crippen molar-refractivity contribution in [1.29, 1.82) is 0 Å². The number of hydrogen-bond acceptors (Lipinski definition) is 3. The number of carbonyl (C=O) groups excluding carboxylic acids is 2. The molecule has 1 N–H and O–H groups in total. The first-order valence-corrected chi connectivity index (χ1v) is 8.59. The van der Waals surface area contributed by atoms with Crippen LogP contribution in [0.2, 0.25) is 0 Å². The van der Waals surface area contributed by atoms with E-state index in [-0.39, 0.29) is 17.8 Å². The van der Waals surface area contributed by atoms with Gasteiger partial charge in [0.25, 0.3) is 11.8 Å². The molecule has 1 heterocycles. The summed E-state index contributed by atoms with van der Waals surface area (Å²) in [6, 6.07) is 23.5. The number of nitrogens with one attached hydrogen (secondary N) is 1. The average Bonchev–Trinajstić information content (AvgIpc) is 3.06. The molecule has 0 fully saturated rings. The van der Waals surface area contributed by atoms with E-state index in [9.17, 15) is 9.59 Å². The molecule has 3 aromatic carbocycles. The maximum atomic E-state index is 13.1. The molecule has 4 rings (SSSR count). The number of para-hydroxylation sites is 2. The second-order valence-electron chi connectivity index (χ2n) is 6.25. The third-order valence-electron chi connectivity index (χ3n) is 4.32. The molecule has 1 amide bonds. The van der Waals surface area contributed by atoms with Gasteiger partial charge in [-0.2, -0.15) is 0 Å². The van der Waals surface area contributed by atoms with Gasteiger partial charge in [0.05, 0.1) is 11.0 Å². The molecule has 0 atom stereocenters. The predicted octanol–water partition coefficient (Wildman–Crippen LogP) is 4.29. The Bertz CT molecular complexity index is 1130. The van der Waals surface area contributed by atoms with Gasteiger partial charge in [-0.25, -0.2) is 9.55 Å². The topological polar surface area (TPSA) is 64.0 Å². The maximum Gasteiger partial charge on any atom is 0.265 e. The van der Waals surface area contributed by atoms with Crippen LogP contribution < -0.4 is 5.32 Å². The Morgan fingerprint density at radius 3 is 2.22 bits per heavy atom. The van der Waals surface area contributed by atoms with Crippen LogP contribution in [0.1, 0.15) is 26.3 Å². The molecule has 0 aliphatic rings. The van der Waals surface area contributed by atoms with Gasteiger partial charge >= 0.3 is 0 Å². The second kappa shape index (κ2) is 6.88. The molecule has 0 aliphatic heterocycles. The van der Waals surface area contributed by atoms with E-state index in [1.807, 2.05) is 49.4 Å². The summed E-state index contributed by atoms with van der Waals surface area (Å²) >= 11 is 0. The Hall–Kier alpha value is -3.73. The molecule has 1 aromatic heterocycles. The van der Waals surface area contributed by atoms with Gasteiger partial charge in [0.15, 0.2) is 0 Å². The summed E-state index contributed by atoms with van der Waals surface area (Å²) in [4.78, 5) is 30.2. The first kappa shape index (κ1) is 16.7. The van der Waals surface area contributed by atoms with Crippen LogP contribution in [0.25, 0.3) is 11.0 Å². The summed E-state index contributed by atoms with van der Waals surface area (Å²) in [5, 5.41) is 2.77. The van der Waals surface area contributed by atoms with E-state index in [4.69, 9.17) is 0 Å².